The molecule has 0 aliphatic carbocycles. The van der Waals surface area contributed by atoms with Gasteiger partial charge in [-0.15, -0.1) is 0 Å². The molecule has 0 atom stereocenters. The molecule has 0 radical (unpaired) electrons. The van der Waals surface area contributed by atoms with E-state index in [9.17, 15) is 0 Å². The summed E-state index contributed by atoms with van der Waals surface area (Å²) in [5, 5.41) is 5.02. The van der Waals surface area contributed by atoms with E-state index in [1.807, 2.05) is 0 Å². The largest absolute Gasteiger partial charge is 0.261 e. The molecule has 0 fully saturated rings. The van der Waals surface area contributed by atoms with Gasteiger partial charge in [-0.3, -0.25) is 0 Å². The van der Waals surface area contributed by atoms with Crippen molar-refractivity contribution in [1.82, 2.24) is 0 Å². The van der Waals surface area contributed by atoms with Gasteiger partial charge in [0.2, 0.25) is 0 Å². The molecule has 0 rings (SSSR count). The molecule has 1 heteroatoms. The first kappa shape index (κ1) is 43.5. The van der Waals surface area contributed by atoms with Crippen LogP contribution in [0.15, 0.2) is 0 Å². The highest BCUT2D eigenvalue weighted by atomic mass is 27.2. The van der Waals surface area contributed by atoms with Gasteiger partial charge in [-0.1, -0.05) is 268 Å². The molecule has 0 aliphatic rings. The minimum Gasteiger partial charge on any atom is -0.0939 e. The molecule has 0 aromatic heterocycles. The Bertz CT molecular complexity index is 393. The normalized spacial score (nSPS) is 11.5. The van der Waals surface area contributed by atoms with Gasteiger partial charge in [-0.25, -0.2) is 0 Å². The Kier molecular flexibility index (Phi) is 41.1. The zero-order valence-corrected chi connectivity index (χ0v) is 32.3. The van der Waals surface area contributed by atoms with Gasteiger partial charge in [0, 0.05) is 0 Å². The maximum atomic E-state index is 2.32. The molecule has 0 aromatic rings. The molecule has 0 bridgehead atoms. The second kappa shape index (κ2) is 40.6. The first-order valence-electron chi connectivity index (χ1n) is 21.3. The maximum Gasteiger partial charge on any atom is 0.261 e. The van der Waals surface area contributed by atoms with E-state index in [4.69, 9.17) is 0 Å². The zero-order chi connectivity index (χ0) is 31.2. The molecule has 0 saturated carbocycles. The van der Waals surface area contributed by atoms with E-state index in [1.54, 1.807) is 35.1 Å². The molecule has 0 aliphatic heterocycles. The Labute approximate surface area is 280 Å². The average Bonchev–Trinajstić information content (AvgIpc) is 3.02. The van der Waals surface area contributed by atoms with Gasteiger partial charge >= 0.3 is 0 Å². The molecule has 258 valence electrons. The third-order valence-corrected chi connectivity index (χ3v) is 14.1. The van der Waals surface area contributed by atoms with Crippen molar-refractivity contribution in [1.29, 1.82) is 0 Å². The molecule has 0 aromatic carbocycles. The van der Waals surface area contributed by atoms with Crippen molar-refractivity contribution >= 4 is 14.1 Å². The van der Waals surface area contributed by atoms with Gasteiger partial charge < -0.3 is 0 Å². The Hall–Kier alpha value is 0.532. The van der Waals surface area contributed by atoms with E-state index < -0.39 is 14.1 Å². The van der Waals surface area contributed by atoms with E-state index in [-0.39, 0.29) is 0 Å². The lowest BCUT2D eigenvalue weighted by Gasteiger charge is -2.12. The van der Waals surface area contributed by atoms with E-state index in [0.29, 0.717) is 0 Å². The number of rotatable bonds is 39. The second-order valence-electron chi connectivity index (χ2n) is 14.9. The first-order chi connectivity index (χ1) is 21.3. The van der Waals surface area contributed by atoms with Gasteiger partial charge in [-0.2, -0.15) is 0 Å². The van der Waals surface area contributed by atoms with Crippen LogP contribution in [0.2, 0.25) is 15.8 Å². The van der Waals surface area contributed by atoms with Crippen molar-refractivity contribution in [3.05, 3.63) is 0 Å². The number of hydrogen-bond acceptors (Lipinski definition) is 0. The summed E-state index contributed by atoms with van der Waals surface area (Å²) in [6.07, 6.45) is 53.8. The van der Waals surface area contributed by atoms with Crippen LogP contribution in [0, 0.1) is 0 Å². The second-order valence-corrected chi connectivity index (χ2v) is 18.4. The quantitative estimate of drug-likeness (QED) is 0.0475. The molecule has 0 heterocycles. The van der Waals surface area contributed by atoms with Gasteiger partial charge in [0.25, 0.3) is 14.1 Å². The van der Waals surface area contributed by atoms with Crippen LogP contribution < -0.4 is 0 Å². The maximum absolute atomic E-state index is 2.32. The summed E-state index contributed by atoms with van der Waals surface area (Å²) in [5.41, 5.74) is 0. The third kappa shape index (κ3) is 38.6. The topological polar surface area (TPSA) is 0 Å². The van der Waals surface area contributed by atoms with E-state index in [1.165, 1.54) is 212 Å². The van der Waals surface area contributed by atoms with Crippen LogP contribution in [0.1, 0.15) is 252 Å². The van der Waals surface area contributed by atoms with Crippen LogP contribution in [-0.2, 0) is 0 Å². The summed E-state index contributed by atoms with van der Waals surface area (Å²) in [6.45, 7) is 6.97. The monoisotopic (exact) mass is 619 g/mol. The summed E-state index contributed by atoms with van der Waals surface area (Å²) in [7, 11) is 0. The van der Waals surface area contributed by atoms with Gasteiger partial charge in [0.15, 0.2) is 0 Å². The molecule has 43 heavy (non-hydrogen) atoms. The highest BCUT2D eigenvalue weighted by molar-refractivity contribution is 6.58. The Morgan fingerprint density at radius 3 is 0.488 bits per heavy atom. The highest BCUT2D eigenvalue weighted by Crippen LogP contribution is 2.21. The fourth-order valence-electron chi connectivity index (χ4n) is 7.26. The van der Waals surface area contributed by atoms with Gasteiger partial charge in [0.05, 0.1) is 0 Å². The van der Waals surface area contributed by atoms with Crippen LogP contribution in [0.4, 0.5) is 0 Å². The fraction of sp³-hybridized carbons (Fsp3) is 1.00. The summed E-state index contributed by atoms with van der Waals surface area (Å²) in [5.74, 6) is 0. The molecule has 0 N–H and O–H groups in total. The highest BCUT2D eigenvalue weighted by Gasteiger charge is 2.15. The third-order valence-electron chi connectivity index (χ3n) is 10.4. The van der Waals surface area contributed by atoms with Crippen molar-refractivity contribution in [3.8, 4) is 0 Å². The van der Waals surface area contributed by atoms with Crippen LogP contribution in [-0.4, -0.2) is 14.1 Å². The minimum atomic E-state index is -0.487. The summed E-state index contributed by atoms with van der Waals surface area (Å²) in [4.78, 5) is 0. The van der Waals surface area contributed by atoms with Crippen LogP contribution in [0.25, 0.3) is 0 Å². The average molecular weight is 619 g/mol. The molecule has 0 spiro atoms. The van der Waals surface area contributed by atoms with E-state index in [0.717, 1.165) is 0 Å². The first-order valence-corrected chi connectivity index (χ1v) is 23.8. The van der Waals surface area contributed by atoms with Gasteiger partial charge in [-0.05, 0) is 0 Å². The predicted octanol–water partition coefficient (Wildman–Crippen LogP) is 16.6. The summed E-state index contributed by atoms with van der Waals surface area (Å²) in [6, 6.07) is 0. The lowest BCUT2D eigenvalue weighted by atomic mass is 10.1. The fourth-order valence-corrected chi connectivity index (χ4v) is 10.7. The minimum absolute atomic E-state index is 0.487. The molecule has 0 amide bonds. The molecular weight excluding hydrogens is 531 g/mol. The van der Waals surface area contributed by atoms with Crippen LogP contribution in [0.5, 0.6) is 0 Å². The smallest absolute Gasteiger partial charge is 0.0939 e. The summed E-state index contributed by atoms with van der Waals surface area (Å²) < 4.78 is 0. The zero-order valence-electron chi connectivity index (χ0n) is 31.2. The molecule has 0 unspecified atom stereocenters. The van der Waals surface area contributed by atoms with Crippen molar-refractivity contribution in [2.45, 2.75) is 268 Å². The lowest BCUT2D eigenvalue weighted by Crippen LogP contribution is -2.12. The number of unbranched alkanes of at least 4 members (excludes halogenated alkanes) is 33. The standard InChI is InChI=1S/3C14H29.Al/c3*1-3-5-7-9-11-13-14-12-10-8-6-4-2;/h3*1,3-14H2,2H3;. The van der Waals surface area contributed by atoms with Crippen LogP contribution in [0.3, 0.4) is 0 Å². The van der Waals surface area contributed by atoms with Gasteiger partial charge in [0.1, 0.15) is 0 Å². The molecule has 0 saturated heterocycles. The number of hydrogen-bond donors (Lipinski definition) is 0. The Morgan fingerprint density at radius 1 is 0.186 bits per heavy atom. The molecule has 0 nitrogen and oxygen atoms in total. The SMILES string of the molecule is CCCCCCCCCCCCC[CH2][Al]([CH2]CCCCCCCCCCCCC)[CH2]CCCCCCCCCCCCC. The summed E-state index contributed by atoms with van der Waals surface area (Å²) >= 11 is -0.487. The van der Waals surface area contributed by atoms with Crippen molar-refractivity contribution in [3.63, 3.8) is 0 Å². The predicted molar refractivity (Wildman–Crippen MR) is 203 cm³/mol. The van der Waals surface area contributed by atoms with E-state index in [2.05, 4.69) is 20.8 Å². The van der Waals surface area contributed by atoms with Crippen molar-refractivity contribution in [2.24, 2.45) is 0 Å². The lowest BCUT2D eigenvalue weighted by molar-refractivity contribution is 0.544. The molecular formula is C42H87Al. The van der Waals surface area contributed by atoms with Crippen molar-refractivity contribution in [2.75, 3.05) is 0 Å². The Morgan fingerprint density at radius 2 is 0.326 bits per heavy atom. The van der Waals surface area contributed by atoms with E-state index >= 15 is 0 Å². The van der Waals surface area contributed by atoms with Crippen LogP contribution >= 0.6 is 0 Å². The Balaban J connectivity index is 3.90. The van der Waals surface area contributed by atoms with Crippen molar-refractivity contribution < 1.29 is 0 Å².